The number of hydrogen-bond acceptors (Lipinski definition) is 6. The van der Waals surface area contributed by atoms with Crippen molar-refractivity contribution in [2.75, 3.05) is 11.8 Å². The normalized spacial score (nSPS) is 11.4. The SMILES string of the molecule is COc1cc(C)c(C)cc1S(=O)(=O)Nc1c(C#N)cnn1-c1cc(C)c2cccc(C)c2n1. The van der Waals surface area contributed by atoms with Crippen LogP contribution in [0.3, 0.4) is 0 Å². The Balaban J connectivity index is 1.88. The van der Waals surface area contributed by atoms with Crippen LogP contribution in [0.5, 0.6) is 5.75 Å². The van der Waals surface area contributed by atoms with Crippen LogP contribution in [0.15, 0.2) is 47.5 Å². The lowest BCUT2D eigenvalue weighted by atomic mass is 10.1. The summed E-state index contributed by atoms with van der Waals surface area (Å²) in [5.41, 5.74) is 4.49. The standard InChI is InChI=1S/C24H23N5O3S/c1-14-7-6-8-19-17(4)11-22(27-23(14)19)29-24(18(12-25)13-26-29)28-33(30,31)21-10-16(3)15(2)9-20(21)32-5/h6-11,13,28H,1-5H3. The maximum Gasteiger partial charge on any atom is 0.266 e. The van der Waals surface area contributed by atoms with Crippen molar-refractivity contribution in [1.29, 1.82) is 5.26 Å². The van der Waals surface area contributed by atoms with Gasteiger partial charge in [-0.3, -0.25) is 4.72 Å². The van der Waals surface area contributed by atoms with E-state index in [2.05, 4.69) is 9.82 Å². The lowest BCUT2D eigenvalue weighted by molar-refractivity contribution is 0.402. The van der Waals surface area contributed by atoms with Crippen LogP contribution in [-0.4, -0.2) is 30.3 Å². The molecule has 0 amide bonds. The second-order valence-corrected chi connectivity index (χ2v) is 9.54. The molecule has 2 aromatic heterocycles. The predicted octanol–water partition coefficient (Wildman–Crippen LogP) is 4.34. The summed E-state index contributed by atoms with van der Waals surface area (Å²) in [6.07, 6.45) is 1.31. The molecule has 0 unspecified atom stereocenters. The molecule has 0 bridgehead atoms. The summed E-state index contributed by atoms with van der Waals surface area (Å²) in [6, 6.07) is 12.9. The average Bonchev–Trinajstić information content (AvgIpc) is 3.17. The van der Waals surface area contributed by atoms with E-state index in [4.69, 9.17) is 9.72 Å². The zero-order chi connectivity index (χ0) is 23.9. The van der Waals surface area contributed by atoms with Crippen LogP contribution >= 0.6 is 0 Å². The fraction of sp³-hybridized carbons (Fsp3) is 0.208. The fourth-order valence-electron chi connectivity index (χ4n) is 3.67. The molecule has 1 N–H and O–H groups in total. The third-order valence-corrected chi connectivity index (χ3v) is 7.00. The van der Waals surface area contributed by atoms with Gasteiger partial charge in [-0.2, -0.15) is 15.0 Å². The van der Waals surface area contributed by atoms with Crippen molar-refractivity contribution >= 4 is 26.7 Å². The van der Waals surface area contributed by atoms with E-state index < -0.39 is 10.0 Å². The number of fused-ring (bicyclic) bond motifs is 1. The summed E-state index contributed by atoms with van der Waals surface area (Å²) in [7, 11) is -2.69. The summed E-state index contributed by atoms with van der Waals surface area (Å²) < 4.78 is 35.9. The van der Waals surface area contributed by atoms with E-state index >= 15 is 0 Å². The Labute approximate surface area is 192 Å². The van der Waals surface area contributed by atoms with E-state index in [0.29, 0.717) is 5.82 Å². The number of rotatable bonds is 5. The molecule has 4 aromatic rings. The average molecular weight is 462 g/mol. The molecule has 0 saturated carbocycles. The summed E-state index contributed by atoms with van der Waals surface area (Å²) in [4.78, 5) is 4.68. The van der Waals surface area contributed by atoms with E-state index in [1.807, 2.05) is 58.0 Å². The number of methoxy groups -OCH3 is 1. The second-order valence-electron chi connectivity index (χ2n) is 7.89. The van der Waals surface area contributed by atoms with Gasteiger partial charge in [0.2, 0.25) is 0 Å². The zero-order valence-electron chi connectivity index (χ0n) is 19.0. The quantitative estimate of drug-likeness (QED) is 0.474. The van der Waals surface area contributed by atoms with Gasteiger partial charge in [0.25, 0.3) is 10.0 Å². The number of sulfonamides is 1. The van der Waals surface area contributed by atoms with Crippen molar-refractivity contribution in [3.63, 3.8) is 0 Å². The molecule has 0 spiro atoms. The number of anilines is 1. The Hall–Kier alpha value is -3.90. The third-order valence-electron chi connectivity index (χ3n) is 5.64. The van der Waals surface area contributed by atoms with Gasteiger partial charge in [0.05, 0.1) is 18.8 Å². The molecule has 0 atom stereocenters. The van der Waals surface area contributed by atoms with E-state index in [-0.39, 0.29) is 22.0 Å². The van der Waals surface area contributed by atoms with Gasteiger partial charge < -0.3 is 4.74 Å². The number of aromatic nitrogens is 3. The molecule has 8 nitrogen and oxygen atoms in total. The number of pyridine rings is 1. The molecular weight excluding hydrogens is 438 g/mol. The molecule has 0 aliphatic carbocycles. The Bertz CT molecular complexity index is 1550. The molecule has 0 fully saturated rings. The molecular formula is C24H23N5O3S. The number of benzene rings is 2. The molecule has 33 heavy (non-hydrogen) atoms. The summed E-state index contributed by atoms with van der Waals surface area (Å²) in [5.74, 6) is 0.628. The molecule has 2 heterocycles. The first-order chi connectivity index (χ1) is 15.7. The number of ether oxygens (including phenoxy) is 1. The Morgan fingerprint density at radius 2 is 1.76 bits per heavy atom. The lowest BCUT2D eigenvalue weighted by Gasteiger charge is -2.15. The van der Waals surface area contributed by atoms with Gasteiger partial charge in [0.1, 0.15) is 22.3 Å². The lowest BCUT2D eigenvalue weighted by Crippen LogP contribution is -2.18. The van der Waals surface area contributed by atoms with Crippen LogP contribution in [0.4, 0.5) is 5.82 Å². The second kappa shape index (κ2) is 8.22. The van der Waals surface area contributed by atoms with Gasteiger partial charge in [0.15, 0.2) is 11.6 Å². The highest BCUT2D eigenvalue weighted by Crippen LogP contribution is 2.31. The van der Waals surface area contributed by atoms with Crippen LogP contribution in [0.1, 0.15) is 27.8 Å². The molecule has 0 radical (unpaired) electrons. The molecule has 4 rings (SSSR count). The van der Waals surface area contributed by atoms with Gasteiger partial charge in [-0.15, -0.1) is 0 Å². The monoisotopic (exact) mass is 461 g/mol. The summed E-state index contributed by atoms with van der Waals surface area (Å²) >= 11 is 0. The van der Waals surface area contributed by atoms with Crippen LogP contribution in [0.25, 0.3) is 16.7 Å². The first-order valence-electron chi connectivity index (χ1n) is 10.2. The molecule has 168 valence electrons. The number of hydrogen-bond donors (Lipinski definition) is 1. The Kier molecular flexibility index (Phi) is 5.56. The van der Waals surface area contributed by atoms with E-state index in [1.54, 1.807) is 12.1 Å². The number of aryl methyl sites for hydroxylation is 4. The minimum atomic E-state index is -4.10. The van der Waals surface area contributed by atoms with Gasteiger partial charge in [-0.05, 0) is 68.1 Å². The van der Waals surface area contributed by atoms with Crippen molar-refractivity contribution < 1.29 is 13.2 Å². The molecule has 9 heteroatoms. The smallest absolute Gasteiger partial charge is 0.266 e. The highest BCUT2D eigenvalue weighted by molar-refractivity contribution is 7.92. The first-order valence-corrected chi connectivity index (χ1v) is 11.7. The predicted molar refractivity (Wildman–Crippen MR) is 126 cm³/mol. The Morgan fingerprint density at radius 1 is 1.03 bits per heavy atom. The summed E-state index contributed by atoms with van der Waals surface area (Å²) in [5, 5.41) is 14.9. The van der Waals surface area contributed by atoms with Crippen LogP contribution in [0.2, 0.25) is 0 Å². The zero-order valence-corrected chi connectivity index (χ0v) is 19.8. The number of nitrogens with one attached hydrogen (secondary N) is 1. The topological polar surface area (TPSA) is 110 Å². The van der Waals surface area contributed by atoms with Crippen LogP contribution < -0.4 is 9.46 Å². The van der Waals surface area contributed by atoms with Crippen molar-refractivity contribution in [3.8, 4) is 17.6 Å². The third kappa shape index (κ3) is 3.90. The van der Waals surface area contributed by atoms with Gasteiger partial charge >= 0.3 is 0 Å². The van der Waals surface area contributed by atoms with Crippen molar-refractivity contribution in [2.45, 2.75) is 32.6 Å². The fourth-order valence-corrected chi connectivity index (χ4v) is 4.97. The maximum atomic E-state index is 13.4. The van der Waals surface area contributed by atoms with Crippen LogP contribution in [0, 0.1) is 39.0 Å². The van der Waals surface area contributed by atoms with Crippen molar-refractivity contribution in [1.82, 2.24) is 14.8 Å². The molecule has 0 aliphatic rings. The number of nitrogens with zero attached hydrogens (tertiary/aromatic N) is 4. The minimum absolute atomic E-state index is 0.0117. The van der Waals surface area contributed by atoms with Gasteiger partial charge in [-0.25, -0.2) is 13.4 Å². The number of para-hydroxylation sites is 1. The Morgan fingerprint density at radius 3 is 2.45 bits per heavy atom. The minimum Gasteiger partial charge on any atom is -0.495 e. The molecule has 0 saturated heterocycles. The first kappa shape index (κ1) is 22.3. The van der Waals surface area contributed by atoms with Crippen LogP contribution in [-0.2, 0) is 10.0 Å². The molecule has 0 aliphatic heterocycles. The van der Waals surface area contributed by atoms with Crippen molar-refractivity contribution in [2.24, 2.45) is 0 Å². The van der Waals surface area contributed by atoms with Gasteiger partial charge in [0, 0.05) is 5.39 Å². The highest BCUT2D eigenvalue weighted by Gasteiger charge is 2.25. The van der Waals surface area contributed by atoms with E-state index in [1.165, 1.54) is 18.0 Å². The highest BCUT2D eigenvalue weighted by atomic mass is 32.2. The number of nitriles is 1. The van der Waals surface area contributed by atoms with E-state index in [9.17, 15) is 13.7 Å². The molecule has 2 aromatic carbocycles. The largest absolute Gasteiger partial charge is 0.495 e. The van der Waals surface area contributed by atoms with Crippen molar-refractivity contribution in [3.05, 3.63) is 70.4 Å². The summed E-state index contributed by atoms with van der Waals surface area (Å²) in [6.45, 7) is 7.60. The maximum absolute atomic E-state index is 13.4. The van der Waals surface area contributed by atoms with Gasteiger partial charge in [-0.1, -0.05) is 18.2 Å². The van der Waals surface area contributed by atoms with E-state index in [0.717, 1.165) is 33.2 Å².